The van der Waals surface area contributed by atoms with Gasteiger partial charge in [0.1, 0.15) is 0 Å². The molecule has 0 aliphatic rings. The lowest BCUT2D eigenvalue weighted by atomic mass is 10.2. The van der Waals surface area contributed by atoms with Crippen LogP contribution in [0.15, 0.2) is 47.4 Å². The van der Waals surface area contributed by atoms with Gasteiger partial charge in [0.25, 0.3) is 10.0 Å². The van der Waals surface area contributed by atoms with Gasteiger partial charge < -0.3 is 14.6 Å². The Morgan fingerprint density at radius 2 is 1.70 bits per heavy atom. The Morgan fingerprint density at radius 1 is 1.04 bits per heavy atom. The maximum atomic E-state index is 12.4. The van der Waals surface area contributed by atoms with Crippen molar-refractivity contribution in [3.05, 3.63) is 48.0 Å². The van der Waals surface area contributed by atoms with Gasteiger partial charge in [0.05, 0.1) is 30.4 Å². The van der Waals surface area contributed by atoms with Gasteiger partial charge in [-0.25, -0.2) is 13.2 Å². The molecule has 23 heavy (non-hydrogen) atoms. The largest absolute Gasteiger partial charge is 0.493 e. The first kappa shape index (κ1) is 16.6. The average molecular weight is 337 g/mol. The summed E-state index contributed by atoms with van der Waals surface area (Å²) in [5, 5.41) is 9.11. The molecule has 0 radical (unpaired) electrons. The highest BCUT2D eigenvalue weighted by atomic mass is 32.2. The SMILES string of the molecule is COc1ccc(S(=O)(=O)Nc2ccccc2C(=O)O)cc1OC. The number of rotatable bonds is 6. The van der Waals surface area contributed by atoms with Crippen molar-refractivity contribution in [2.75, 3.05) is 18.9 Å². The van der Waals surface area contributed by atoms with Crippen LogP contribution in [0, 0.1) is 0 Å². The molecule has 2 aromatic carbocycles. The molecule has 2 rings (SSSR count). The first-order valence-corrected chi connectivity index (χ1v) is 7.94. The molecule has 0 aliphatic heterocycles. The fraction of sp³-hybridized carbons (Fsp3) is 0.133. The fourth-order valence-electron chi connectivity index (χ4n) is 1.95. The van der Waals surface area contributed by atoms with E-state index in [2.05, 4.69) is 4.72 Å². The van der Waals surface area contributed by atoms with E-state index >= 15 is 0 Å². The van der Waals surface area contributed by atoms with Crippen molar-refractivity contribution in [1.29, 1.82) is 0 Å². The Hall–Kier alpha value is -2.74. The van der Waals surface area contributed by atoms with Gasteiger partial charge in [-0.1, -0.05) is 12.1 Å². The number of carbonyl (C=O) groups is 1. The first-order chi connectivity index (χ1) is 10.9. The van der Waals surface area contributed by atoms with Gasteiger partial charge >= 0.3 is 5.97 Å². The Morgan fingerprint density at radius 3 is 2.30 bits per heavy atom. The molecule has 2 aromatic rings. The standard InChI is InChI=1S/C15H15NO6S/c1-21-13-8-7-10(9-14(13)22-2)23(19,20)16-12-6-4-3-5-11(12)15(17)18/h3-9,16H,1-2H3,(H,17,18). The number of benzene rings is 2. The Balaban J connectivity index is 2.42. The van der Waals surface area contributed by atoms with E-state index in [1.165, 1.54) is 50.6 Å². The number of nitrogens with one attached hydrogen (secondary N) is 1. The summed E-state index contributed by atoms with van der Waals surface area (Å²) in [5.74, 6) is -0.588. The number of anilines is 1. The number of sulfonamides is 1. The summed E-state index contributed by atoms with van der Waals surface area (Å²) in [7, 11) is -1.15. The van der Waals surface area contributed by atoms with Gasteiger partial charge in [-0.2, -0.15) is 0 Å². The third kappa shape index (κ3) is 3.54. The highest BCUT2D eigenvalue weighted by molar-refractivity contribution is 7.92. The minimum Gasteiger partial charge on any atom is -0.493 e. The summed E-state index contributed by atoms with van der Waals surface area (Å²) in [6.07, 6.45) is 0. The smallest absolute Gasteiger partial charge is 0.337 e. The maximum Gasteiger partial charge on any atom is 0.337 e. The number of aromatic carboxylic acids is 1. The topological polar surface area (TPSA) is 102 Å². The van der Waals surface area contributed by atoms with E-state index < -0.39 is 16.0 Å². The molecule has 0 aliphatic carbocycles. The van der Waals surface area contributed by atoms with Crippen molar-refractivity contribution in [1.82, 2.24) is 0 Å². The number of carboxylic acid groups (broad SMARTS) is 1. The summed E-state index contributed by atoms with van der Waals surface area (Å²) in [4.78, 5) is 11.1. The van der Waals surface area contributed by atoms with Crippen molar-refractivity contribution in [3.8, 4) is 11.5 Å². The quantitative estimate of drug-likeness (QED) is 0.838. The second kappa shape index (κ2) is 6.57. The third-order valence-electron chi connectivity index (χ3n) is 3.07. The van der Waals surface area contributed by atoms with E-state index in [9.17, 15) is 13.2 Å². The molecule has 0 amide bonds. The van der Waals surface area contributed by atoms with E-state index in [4.69, 9.17) is 14.6 Å². The van der Waals surface area contributed by atoms with Gasteiger partial charge in [0, 0.05) is 6.07 Å². The van der Waals surface area contributed by atoms with Crippen LogP contribution in [0.1, 0.15) is 10.4 Å². The van der Waals surface area contributed by atoms with E-state index in [1.807, 2.05) is 0 Å². The molecular weight excluding hydrogens is 322 g/mol. The van der Waals surface area contributed by atoms with Crippen molar-refractivity contribution < 1.29 is 27.8 Å². The van der Waals surface area contributed by atoms with Crippen LogP contribution in [0.3, 0.4) is 0 Å². The Kier molecular flexibility index (Phi) is 4.75. The molecule has 0 saturated heterocycles. The number of methoxy groups -OCH3 is 2. The van der Waals surface area contributed by atoms with Crippen LogP contribution in [-0.2, 0) is 10.0 Å². The monoisotopic (exact) mass is 337 g/mol. The molecule has 0 unspecified atom stereocenters. The molecule has 0 aromatic heterocycles. The van der Waals surface area contributed by atoms with Crippen LogP contribution >= 0.6 is 0 Å². The molecule has 0 bridgehead atoms. The van der Waals surface area contributed by atoms with Crippen LogP contribution < -0.4 is 14.2 Å². The van der Waals surface area contributed by atoms with E-state index in [-0.39, 0.29) is 21.9 Å². The predicted molar refractivity (Wildman–Crippen MR) is 83.8 cm³/mol. The zero-order valence-electron chi connectivity index (χ0n) is 12.4. The number of hydrogen-bond acceptors (Lipinski definition) is 5. The van der Waals surface area contributed by atoms with Gasteiger partial charge in [0.2, 0.25) is 0 Å². The Bertz CT molecular complexity index is 832. The maximum absolute atomic E-state index is 12.4. The van der Waals surface area contributed by atoms with Gasteiger partial charge in [-0.05, 0) is 24.3 Å². The summed E-state index contributed by atoms with van der Waals surface area (Å²) in [6.45, 7) is 0. The molecule has 0 spiro atoms. The van der Waals surface area contributed by atoms with Crippen molar-refractivity contribution in [2.24, 2.45) is 0 Å². The number of carboxylic acids is 1. The molecule has 0 saturated carbocycles. The molecule has 122 valence electrons. The molecule has 0 atom stereocenters. The highest BCUT2D eigenvalue weighted by Gasteiger charge is 2.20. The number of ether oxygens (including phenoxy) is 2. The third-order valence-corrected chi connectivity index (χ3v) is 4.43. The minimum atomic E-state index is -3.98. The molecule has 7 nitrogen and oxygen atoms in total. The molecule has 0 fully saturated rings. The molecule has 2 N–H and O–H groups in total. The van der Waals surface area contributed by atoms with Crippen molar-refractivity contribution in [2.45, 2.75) is 4.90 Å². The van der Waals surface area contributed by atoms with E-state index in [1.54, 1.807) is 6.07 Å². The molecule has 8 heteroatoms. The zero-order valence-corrected chi connectivity index (χ0v) is 13.3. The predicted octanol–water partition coefficient (Wildman–Crippen LogP) is 2.20. The van der Waals surface area contributed by atoms with E-state index in [0.717, 1.165) is 0 Å². The van der Waals surface area contributed by atoms with Gasteiger partial charge in [0.15, 0.2) is 11.5 Å². The fourth-order valence-corrected chi connectivity index (χ4v) is 3.04. The van der Waals surface area contributed by atoms with Gasteiger partial charge in [-0.3, -0.25) is 4.72 Å². The van der Waals surface area contributed by atoms with E-state index in [0.29, 0.717) is 5.75 Å². The first-order valence-electron chi connectivity index (χ1n) is 6.46. The average Bonchev–Trinajstić information content (AvgIpc) is 2.54. The van der Waals surface area contributed by atoms with Crippen LogP contribution in [0.5, 0.6) is 11.5 Å². The summed E-state index contributed by atoms with van der Waals surface area (Å²) >= 11 is 0. The second-order valence-electron chi connectivity index (χ2n) is 4.47. The normalized spacial score (nSPS) is 10.9. The van der Waals surface area contributed by atoms with Gasteiger partial charge in [-0.15, -0.1) is 0 Å². The number of hydrogen-bond donors (Lipinski definition) is 2. The summed E-state index contributed by atoms with van der Waals surface area (Å²) in [5.41, 5.74) is -0.161. The Labute approximate surface area is 133 Å². The van der Waals surface area contributed by atoms with Crippen LogP contribution in [-0.4, -0.2) is 33.7 Å². The lowest BCUT2D eigenvalue weighted by Gasteiger charge is -2.12. The number of para-hydroxylation sites is 1. The van der Waals surface area contributed by atoms with Crippen LogP contribution in [0.2, 0.25) is 0 Å². The van der Waals surface area contributed by atoms with Crippen LogP contribution in [0.4, 0.5) is 5.69 Å². The second-order valence-corrected chi connectivity index (χ2v) is 6.16. The minimum absolute atomic E-state index is 0.0187. The van der Waals surface area contributed by atoms with Crippen molar-refractivity contribution in [3.63, 3.8) is 0 Å². The summed E-state index contributed by atoms with van der Waals surface area (Å²) in [6, 6.07) is 9.83. The highest BCUT2D eigenvalue weighted by Crippen LogP contribution is 2.30. The molecule has 0 heterocycles. The lowest BCUT2D eigenvalue weighted by molar-refractivity contribution is 0.0698. The van der Waals surface area contributed by atoms with Crippen molar-refractivity contribution >= 4 is 21.7 Å². The lowest BCUT2D eigenvalue weighted by Crippen LogP contribution is -2.15. The summed E-state index contributed by atoms with van der Waals surface area (Å²) < 4.78 is 37.3. The molecular formula is C15H15NO6S. The zero-order chi connectivity index (χ0) is 17.0. The van der Waals surface area contributed by atoms with Crippen LogP contribution in [0.25, 0.3) is 0 Å².